The van der Waals surface area contributed by atoms with E-state index in [1.54, 1.807) is 31.2 Å². The van der Waals surface area contributed by atoms with Crippen molar-refractivity contribution in [3.63, 3.8) is 0 Å². The van der Waals surface area contributed by atoms with E-state index in [0.717, 1.165) is 11.6 Å². The number of nitrogens with two attached hydrogens (primary N) is 1. The van der Waals surface area contributed by atoms with Gasteiger partial charge in [0.1, 0.15) is 17.5 Å². The Morgan fingerprint density at radius 2 is 1.75 bits per heavy atom. The lowest BCUT2D eigenvalue weighted by molar-refractivity contribution is 0.262. The standard InChI is InChI=1S/C23H19F2N5OS/c1-12-3-5-15(6-4-12)29-23(31)30-19-10-16(17(24)11-18(19)25)22-21(28-13(2)32-22)14-7-8-27-20(26)9-14/h3-11H,1-2H3,(H2,26,27)(H2,29,30,31). The smallest absolute Gasteiger partial charge is 0.323 e. The zero-order chi connectivity index (χ0) is 22.8. The number of amides is 2. The van der Waals surface area contributed by atoms with Gasteiger partial charge in [-0.1, -0.05) is 17.7 Å². The molecule has 0 bridgehead atoms. The molecule has 0 fully saturated rings. The average Bonchev–Trinajstić information content (AvgIpc) is 3.13. The van der Waals surface area contributed by atoms with Crippen molar-refractivity contribution in [2.24, 2.45) is 0 Å². The number of anilines is 3. The third-order valence-corrected chi connectivity index (χ3v) is 5.65. The fraction of sp³-hybridized carbons (Fsp3) is 0.0870. The highest BCUT2D eigenvalue weighted by Gasteiger charge is 2.20. The Kier molecular flexibility index (Phi) is 5.83. The lowest BCUT2D eigenvalue weighted by Crippen LogP contribution is -2.20. The van der Waals surface area contributed by atoms with Crippen molar-refractivity contribution in [1.82, 2.24) is 9.97 Å². The molecule has 2 amide bonds. The van der Waals surface area contributed by atoms with Gasteiger partial charge in [-0.25, -0.2) is 23.5 Å². The van der Waals surface area contributed by atoms with Crippen LogP contribution in [0.15, 0.2) is 54.7 Å². The maximum Gasteiger partial charge on any atom is 0.323 e. The first kappa shape index (κ1) is 21.4. The number of nitrogens with one attached hydrogen (secondary N) is 2. The van der Waals surface area contributed by atoms with Crippen LogP contribution in [0.25, 0.3) is 21.7 Å². The van der Waals surface area contributed by atoms with Gasteiger partial charge in [-0.05, 0) is 44.2 Å². The molecule has 0 spiro atoms. The summed E-state index contributed by atoms with van der Waals surface area (Å²) in [5.41, 5.74) is 8.49. The van der Waals surface area contributed by atoms with Gasteiger partial charge < -0.3 is 16.4 Å². The third-order valence-electron chi connectivity index (χ3n) is 4.65. The van der Waals surface area contributed by atoms with Gasteiger partial charge in [0, 0.05) is 29.1 Å². The first-order valence-electron chi connectivity index (χ1n) is 9.63. The van der Waals surface area contributed by atoms with Gasteiger partial charge in [-0.3, -0.25) is 0 Å². The van der Waals surface area contributed by atoms with Crippen molar-refractivity contribution in [2.75, 3.05) is 16.4 Å². The molecule has 162 valence electrons. The lowest BCUT2D eigenvalue weighted by Gasteiger charge is -2.11. The summed E-state index contributed by atoms with van der Waals surface area (Å²) in [6.07, 6.45) is 1.53. The van der Waals surface area contributed by atoms with Crippen LogP contribution >= 0.6 is 11.3 Å². The van der Waals surface area contributed by atoms with Gasteiger partial charge in [0.25, 0.3) is 0 Å². The van der Waals surface area contributed by atoms with Crippen molar-refractivity contribution in [2.45, 2.75) is 13.8 Å². The first-order chi connectivity index (χ1) is 15.3. The molecule has 0 saturated carbocycles. The second-order valence-corrected chi connectivity index (χ2v) is 8.34. The number of urea groups is 1. The summed E-state index contributed by atoms with van der Waals surface area (Å²) in [5.74, 6) is -1.35. The topological polar surface area (TPSA) is 92.9 Å². The van der Waals surface area contributed by atoms with Crippen molar-refractivity contribution in [1.29, 1.82) is 0 Å². The summed E-state index contributed by atoms with van der Waals surface area (Å²) in [7, 11) is 0. The quantitative estimate of drug-likeness (QED) is 0.355. The number of halogens is 2. The molecule has 0 aliphatic carbocycles. The molecule has 32 heavy (non-hydrogen) atoms. The zero-order valence-electron chi connectivity index (χ0n) is 17.2. The minimum absolute atomic E-state index is 0.119. The Balaban J connectivity index is 1.68. The Hall–Kier alpha value is -3.85. The molecule has 0 saturated heterocycles. The number of nitrogens with zero attached hydrogens (tertiary/aromatic N) is 2. The number of carbonyl (C=O) groups excluding carboxylic acids is 1. The number of rotatable bonds is 4. The van der Waals surface area contributed by atoms with Crippen LogP contribution in [0.2, 0.25) is 0 Å². The molecule has 2 aromatic carbocycles. The number of carbonyl (C=O) groups is 1. The monoisotopic (exact) mass is 451 g/mol. The van der Waals surface area contributed by atoms with Crippen molar-refractivity contribution in [3.8, 4) is 21.7 Å². The molecule has 0 aliphatic rings. The number of benzene rings is 2. The number of pyridine rings is 1. The van der Waals surface area contributed by atoms with Crippen molar-refractivity contribution >= 4 is 34.6 Å². The Labute approximate surface area is 187 Å². The molecule has 9 heteroatoms. The molecule has 0 unspecified atom stereocenters. The summed E-state index contributed by atoms with van der Waals surface area (Å²) >= 11 is 1.26. The largest absolute Gasteiger partial charge is 0.384 e. The summed E-state index contributed by atoms with van der Waals surface area (Å²) in [6, 6.07) is 11.8. The molecule has 4 N–H and O–H groups in total. The number of aryl methyl sites for hydroxylation is 2. The van der Waals surface area contributed by atoms with E-state index in [-0.39, 0.29) is 11.3 Å². The lowest BCUT2D eigenvalue weighted by atomic mass is 10.1. The average molecular weight is 452 g/mol. The fourth-order valence-corrected chi connectivity index (χ4v) is 4.10. The van der Waals surface area contributed by atoms with E-state index < -0.39 is 17.7 Å². The predicted molar refractivity (Wildman–Crippen MR) is 124 cm³/mol. The molecule has 4 aromatic rings. The van der Waals surface area contributed by atoms with Gasteiger partial charge >= 0.3 is 6.03 Å². The van der Waals surface area contributed by atoms with E-state index >= 15 is 0 Å². The summed E-state index contributed by atoms with van der Waals surface area (Å²) in [6.45, 7) is 3.72. The van der Waals surface area contributed by atoms with Gasteiger partial charge in [0.05, 0.1) is 21.3 Å². The highest BCUT2D eigenvalue weighted by Crippen LogP contribution is 2.39. The minimum Gasteiger partial charge on any atom is -0.384 e. The van der Waals surface area contributed by atoms with Crippen molar-refractivity contribution in [3.05, 3.63) is 76.9 Å². The van der Waals surface area contributed by atoms with E-state index in [0.29, 0.717) is 32.6 Å². The summed E-state index contributed by atoms with van der Waals surface area (Å²) < 4.78 is 29.3. The zero-order valence-corrected chi connectivity index (χ0v) is 18.1. The SMILES string of the molecule is Cc1ccc(NC(=O)Nc2cc(-c3sc(C)nc3-c3ccnc(N)c3)c(F)cc2F)cc1. The normalized spacial score (nSPS) is 10.8. The molecular weight excluding hydrogens is 432 g/mol. The van der Waals surface area contributed by atoms with Crippen LogP contribution in [0.5, 0.6) is 0 Å². The Morgan fingerprint density at radius 1 is 1.00 bits per heavy atom. The second kappa shape index (κ2) is 8.72. The van der Waals surface area contributed by atoms with Gasteiger partial charge in [0.15, 0.2) is 0 Å². The van der Waals surface area contributed by atoms with E-state index in [4.69, 9.17) is 5.73 Å². The first-order valence-corrected chi connectivity index (χ1v) is 10.4. The highest BCUT2D eigenvalue weighted by molar-refractivity contribution is 7.15. The fourth-order valence-electron chi connectivity index (χ4n) is 3.14. The predicted octanol–water partition coefficient (Wildman–Crippen LogP) is 5.99. The van der Waals surface area contributed by atoms with Gasteiger partial charge in [-0.15, -0.1) is 11.3 Å². The molecule has 2 heterocycles. The molecule has 0 aliphatic heterocycles. The van der Waals surface area contributed by atoms with Crippen LogP contribution in [-0.2, 0) is 0 Å². The van der Waals surface area contributed by atoms with Crippen LogP contribution in [0.4, 0.5) is 30.8 Å². The Bertz CT molecular complexity index is 1300. The molecule has 2 aromatic heterocycles. The summed E-state index contributed by atoms with van der Waals surface area (Å²) in [5, 5.41) is 5.77. The minimum atomic E-state index is -0.888. The molecule has 0 atom stereocenters. The van der Waals surface area contributed by atoms with Crippen molar-refractivity contribution < 1.29 is 13.6 Å². The van der Waals surface area contributed by atoms with Crippen LogP contribution < -0.4 is 16.4 Å². The number of nitrogen functional groups attached to an aromatic ring is 1. The second-order valence-electron chi connectivity index (χ2n) is 7.14. The van der Waals surface area contributed by atoms with Crippen LogP contribution in [0, 0.1) is 25.5 Å². The maximum absolute atomic E-state index is 14.8. The van der Waals surface area contributed by atoms with Crippen LogP contribution in [0.1, 0.15) is 10.6 Å². The number of hydrogen-bond donors (Lipinski definition) is 3. The number of hydrogen-bond acceptors (Lipinski definition) is 5. The van der Waals surface area contributed by atoms with Gasteiger partial charge in [0.2, 0.25) is 0 Å². The molecular formula is C23H19F2N5OS. The van der Waals surface area contributed by atoms with E-state index in [1.165, 1.54) is 23.6 Å². The van der Waals surface area contributed by atoms with E-state index in [2.05, 4.69) is 20.6 Å². The van der Waals surface area contributed by atoms with Crippen LogP contribution in [0.3, 0.4) is 0 Å². The Morgan fingerprint density at radius 3 is 2.47 bits per heavy atom. The highest BCUT2D eigenvalue weighted by atomic mass is 32.1. The molecule has 4 rings (SSSR count). The number of aromatic nitrogens is 2. The third kappa shape index (κ3) is 4.57. The number of thiazole rings is 1. The summed E-state index contributed by atoms with van der Waals surface area (Å²) in [4.78, 5) is 21.3. The molecule has 6 nitrogen and oxygen atoms in total. The van der Waals surface area contributed by atoms with Crippen LogP contribution in [-0.4, -0.2) is 16.0 Å². The molecule has 0 radical (unpaired) electrons. The van der Waals surface area contributed by atoms with Gasteiger partial charge in [-0.2, -0.15) is 0 Å². The maximum atomic E-state index is 14.8. The van der Waals surface area contributed by atoms with E-state index in [9.17, 15) is 13.6 Å². The van der Waals surface area contributed by atoms with E-state index in [1.807, 2.05) is 19.1 Å².